The molecule has 3 aromatic rings. The summed E-state index contributed by atoms with van der Waals surface area (Å²) in [5, 5.41) is 1.06. The van der Waals surface area contributed by atoms with Crippen LogP contribution >= 0.6 is 0 Å². The van der Waals surface area contributed by atoms with E-state index in [1.165, 1.54) is 4.31 Å². The highest BCUT2D eigenvalue weighted by Crippen LogP contribution is 2.31. The van der Waals surface area contributed by atoms with E-state index in [0.29, 0.717) is 6.54 Å². The zero-order chi connectivity index (χ0) is 18.1. The second-order valence-electron chi connectivity index (χ2n) is 6.46. The molecule has 0 amide bonds. The van der Waals surface area contributed by atoms with Gasteiger partial charge in [0.25, 0.3) is 0 Å². The zero-order valence-corrected chi connectivity index (χ0v) is 15.2. The highest BCUT2D eigenvalue weighted by molar-refractivity contribution is 7.76. The Bertz CT molecular complexity index is 955. The summed E-state index contributed by atoms with van der Waals surface area (Å²) in [6.45, 7) is 0.426. The third-order valence-corrected chi connectivity index (χ3v) is 5.51. The van der Waals surface area contributed by atoms with E-state index in [9.17, 15) is 8.76 Å². The van der Waals surface area contributed by atoms with Crippen molar-refractivity contribution >= 4 is 22.2 Å². The van der Waals surface area contributed by atoms with E-state index in [1.54, 1.807) is 13.3 Å². The van der Waals surface area contributed by atoms with Gasteiger partial charge in [-0.05, 0) is 47.7 Å². The molecule has 1 aliphatic carbocycles. The second kappa shape index (κ2) is 7.15. The van der Waals surface area contributed by atoms with E-state index in [-0.39, 0.29) is 6.04 Å². The standard InChI is InChI=1S/C20H20N2O3S/c1-25-17-8-9-19-18(10-11-21-20(19)12-17)15-4-2-14(3-5-15)13-22(26(23)24)16-6-7-16/h2-5,8-12,16H,6-7,13H2,1H3,(H,23,24)/p-1. The third-order valence-electron chi connectivity index (χ3n) is 4.70. The molecule has 0 bridgehead atoms. The van der Waals surface area contributed by atoms with Gasteiger partial charge in [-0.3, -0.25) is 9.19 Å². The molecule has 6 heteroatoms. The lowest BCUT2D eigenvalue weighted by Gasteiger charge is -2.24. The Morgan fingerprint density at radius 3 is 2.62 bits per heavy atom. The average molecular weight is 367 g/mol. The Balaban J connectivity index is 1.62. The Kier molecular flexibility index (Phi) is 4.72. The first kappa shape index (κ1) is 17.1. The van der Waals surface area contributed by atoms with Crippen LogP contribution in [0.5, 0.6) is 5.75 Å². The van der Waals surface area contributed by atoms with E-state index in [1.807, 2.05) is 48.5 Å². The smallest absolute Gasteiger partial charge is 0.121 e. The van der Waals surface area contributed by atoms with Crippen LogP contribution in [0.25, 0.3) is 22.0 Å². The fourth-order valence-corrected chi connectivity index (χ4v) is 3.85. The van der Waals surface area contributed by atoms with Crippen LogP contribution in [0.4, 0.5) is 0 Å². The molecule has 0 aliphatic heterocycles. The lowest BCUT2D eigenvalue weighted by Crippen LogP contribution is -2.27. The molecule has 1 atom stereocenters. The summed E-state index contributed by atoms with van der Waals surface area (Å²) in [5.74, 6) is 0.781. The van der Waals surface area contributed by atoms with Gasteiger partial charge in [0.05, 0.1) is 12.6 Å². The lowest BCUT2D eigenvalue weighted by molar-refractivity contribution is 0.376. The van der Waals surface area contributed by atoms with Crippen LogP contribution in [0, 0.1) is 0 Å². The Morgan fingerprint density at radius 2 is 1.96 bits per heavy atom. The number of aromatic nitrogens is 1. The second-order valence-corrected chi connectivity index (χ2v) is 7.37. The number of rotatable bonds is 6. The van der Waals surface area contributed by atoms with Gasteiger partial charge in [0, 0.05) is 41.5 Å². The average Bonchev–Trinajstić information content (AvgIpc) is 3.50. The first-order valence-corrected chi connectivity index (χ1v) is 9.57. The van der Waals surface area contributed by atoms with Gasteiger partial charge in [0.15, 0.2) is 0 Å². The lowest BCUT2D eigenvalue weighted by atomic mass is 10.00. The molecule has 1 saturated carbocycles. The van der Waals surface area contributed by atoms with Crippen molar-refractivity contribution in [3.63, 3.8) is 0 Å². The van der Waals surface area contributed by atoms with Crippen LogP contribution < -0.4 is 4.74 Å². The van der Waals surface area contributed by atoms with Crippen LogP contribution in [0.3, 0.4) is 0 Å². The maximum absolute atomic E-state index is 11.4. The van der Waals surface area contributed by atoms with Crippen molar-refractivity contribution in [3.05, 3.63) is 60.3 Å². The fraction of sp³-hybridized carbons (Fsp3) is 0.250. The molecule has 1 aliphatic rings. The number of hydrogen-bond acceptors (Lipinski definition) is 4. The summed E-state index contributed by atoms with van der Waals surface area (Å²) < 4.78 is 29.6. The maximum atomic E-state index is 11.4. The van der Waals surface area contributed by atoms with Gasteiger partial charge in [0.1, 0.15) is 5.75 Å². The Hall–Kier alpha value is -2.28. The van der Waals surface area contributed by atoms with Crippen LogP contribution in [0.1, 0.15) is 18.4 Å². The summed E-state index contributed by atoms with van der Waals surface area (Å²) in [4.78, 5) is 4.42. The Morgan fingerprint density at radius 1 is 1.19 bits per heavy atom. The summed E-state index contributed by atoms with van der Waals surface area (Å²) in [5.41, 5.74) is 4.04. The van der Waals surface area contributed by atoms with E-state index >= 15 is 0 Å². The molecule has 1 aromatic heterocycles. The van der Waals surface area contributed by atoms with Crippen molar-refractivity contribution in [1.29, 1.82) is 0 Å². The van der Waals surface area contributed by atoms with E-state index < -0.39 is 11.3 Å². The van der Waals surface area contributed by atoms with E-state index in [4.69, 9.17) is 4.74 Å². The van der Waals surface area contributed by atoms with Gasteiger partial charge in [-0.2, -0.15) is 0 Å². The third kappa shape index (κ3) is 3.49. The van der Waals surface area contributed by atoms with E-state index in [0.717, 1.165) is 46.2 Å². The molecule has 134 valence electrons. The Labute approximate surface area is 155 Å². The van der Waals surface area contributed by atoms with Gasteiger partial charge in [-0.1, -0.05) is 24.3 Å². The molecule has 4 rings (SSSR count). The molecule has 0 saturated heterocycles. The minimum absolute atomic E-state index is 0.173. The van der Waals surface area contributed by atoms with Crippen molar-refractivity contribution < 1.29 is 13.5 Å². The summed E-state index contributed by atoms with van der Waals surface area (Å²) in [6, 6.07) is 16.1. The van der Waals surface area contributed by atoms with Crippen molar-refractivity contribution in [2.24, 2.45) is 0 Å². The molecule has 0 radical (unpaired) electrons. The monoisotopic (exact) mass is 367 g/mol. The van der Waals surface area contributed by atoms with Gasteiger partial charge in [0.2, 0.25) is 0 Å². The molecule has 1 fully saturated rings. The number of nitrogens with zero attached hydrogens (tertiary/aromatic N) is 2. The van der Waals surface area contributed by atoms with E-state index in [2.05, 4.69) is 4.98 Å². The number of ether oxygens (including phenoxy) is 1. The molecule has 0 spiro atoms. The quantitative estimate of drug-likeness (QED) is 0.624. The zero-order valence-electron chi connectivity index (χ0n) is 14.4. The fourth-order valence-electron chi connectivity index (χ4n) is 3.14. The normalized spacial score (nSPS) is 15.3. The molecule has 0 N–H and O–H groups in total. The highest BCUT2D eigenvalue weighted by Gasteiger charge is 2.29. The van der Waals surface area contributed by atoms with Crippen LogP contribution in [0.2, 0.25) is 0 Å². The predicted octanol–water partition coefficient (Wildman–Crippen LogP) is 3.67. The molecule has 1 unspecified atom stereocenters. The first-order valence-electron chi connectivity index (χ1n) is 8.54. The van der Waals surface area contributed by atoms with Gasteiger partial charge in [-0.15, -0.1) is 0 Å². The highest BCUT2D eigenvalue weighted by atomic mass is 32.2. The molecule has 1 heterocycles. The van der Waals surface area contributed by atoms with Crippen molar-refractivity contribution in [2.75, 3.05) is 7.11 Å². The minimum atomic E-state index is -2.17. The number of methoxy groups -OCH3 is 1. The SMILES string of the molecule is COc1ccc2c(-c3ccc(CN(C4CC4)S(=O)[O-])cc3)ccnc2c1. The largest absolute Gasteiger partial charge is 0.760 e. The van der Waals surface area contributed by atoms with Crippen LogP contribution in [0.15, 0.2) is 54.7 Å². The van der Waals surface area contributed by atoms with Crippen LogP contribution in [-0.2, 0) is 17.8 Å². The van der Waals surface area contributed by atoms with Crippen molar-refractivity contribution in [3.8, 4) is 16.9 Å². The molecular formula is C20H19N2O3S-. The summed E-state index contributed by atoms with van der Waals surface area (Å²) in [7, 11) is 1.64. The number of hydrogen-bond donors (Lipinski definition) is 0. The first-order chi connectivity index (χ1) is 12.7. The number of pyridine rings is 1. The molecular weight excluding hydrogens is 348 g/mol. The van der Waals surface area contributed by atoms with Crippen molar-refractivity contribution in [1.82, 2.24) is 9.29 Å². The topological polar surface area (TPSA) is 65.5 Å². The van der Waals surface area contributed by atoms with Gasteiger partial charge in [-0.25, -0.2) is 4.31 Å². The molecule has 5 nitrogen and oxygen atoms in total. The number of benzene rings is 2. The molecule has 26 heavy (non-hydrogen) atoms. The predicted molar refractivity (Wildman–Crippen MR) is 101 cm³/mol. The van der Waals surface area contributed by atoms with Gasteiger partial charge < -0.3 is 9.29 Å². The van der Waals surface area contributed by atoms with Gasteiger partial charge >= 0.3 is 0 Å². The summed E-state index contributed by atoms with van der Waals surface area (Å²) >= 11 is -2.17. The van der Waals surface area contributed by atoms with Crippen molar-refractivity contribution in [2.45, 2.75) is 25.4 Å². The number of fused-ring (bicyclic) bond motifs is 1. The molecule has 2 aromatic carbocycles. The minimum Gasteiger partial charge on any atom is -0.760 e. The summed E-state index contributed by atoms with van der Waals surface area (Å²) in [6.07, 6.45) is 3.71. The maximum Gasteiger partial charge on any atom is 0.121 e. The van der Waals surface area contributed by atoms with Crippen LogP contribution in [-0.4, -0.2) is 31.2 Å².